The zero-order valence-electron chi connectivity index (χ0n) is 10.1. The molecule has 1 amide bonds. The number of hydrogen-bond donors (Lipinski definition) is 0. The molecule has 0 saturated carbocycles. The van der Waals surface area contributed by atoms with E-state index in [9.17, 15) is 4.79 Å². The number of amides is 1. The molecule has 2 rings (SSSR count). The van der Waals surface area contributed by atoms with E-state index in [1.54, 1.807) is 0 Å². The zero-order chi connectivity index (χ0) is 11.4. The van der Waals surface area contributed by atoms with Crippen molar-refractivity contribution in [2.45, 2.75) is 32.1 Å². The molecule has 0 radical (unpaired) electrons. The Morgan fingerprint density at radius 2 is 1.50 bits per heavy atom. The van der Waals surface area contributed by atoms with Gasteiger partial charge in [0.05, 0.1) is 0 Å². The topological polar surface area (TPSA) is 23.6 Å². The van der Waals surface area contributed by atoms with Crippen LogP contribution < -0.4 is 0 Å². The van der Waals surface area contributed by atoms with Crippen molar-refractivity contribution in [3.05, 3.63) is 12.2 Å². The molecule has 0 aromatic heterocycles. The Kier molecular flexibility index (Phi) is 3.99. The van der Waals surface area contributed by atoms with Crippen molar-refractivity contribution in [2.75, 3.05) is 32.7 Å². The van der Waals surface area contributed by atoms with Gasteiger partial charge in [0, 0.05) is 25.2 Å². The first-order chi connectivity index (χ1) is 7.77. The number of likely N-dealkylation sites (tertiary alicyclic amines) is 2. The lowest BCUT2D eigenvalue weighted by Gasteiger charge is -2.27. The van der Waals surface area contributed by atoms with Gasteiger partial charge < -0.3 is 4.90 Å². The largest absolute Gasteiger partial charge is 0.339 e. The van der Waals surface area contributed by atoms with Crippen molar-refractivity contribution in [3.8, 4) is 0 Å². The molecular weight excluding hydrogens is 200 g/mol. The van der Waals surface area contributed by atoms with Crippen LogP contribution >= 0.6 is 0 Å². The molecule has 3 nitrogen and oxygen atoms in total. The Labute approximate surface area is 98.1 Å². The van der Waals surface area contributed by atoms with Crippen LogP contribution in [0.1, 0.15) is 32.1 Å². The number of nitrogens with zero attached hydrogens (tertiary/aromatic N) is 2. The number of piperidine rings is 1. The Bertz CT molecular complexity index is 263. The second-order valence-corrected chi connectivity index (χ2v) is 4.94. The molecule has 0 bridgehead atoms. The quantitative estimate of drug-likeness (QED) is 0.678. The highest BCUT2D eigenvalue weighted by molar-refractivity contribution is 5.93. The summed E-state index contributed by atoms with van der Waals surface area (Å²) in [6.07, 6.45) is 6.19. The van der Waals surface area contributed by atoms with Crippen molar-refractivity contribution in [1.82, 2.24) is 9.80 Å². The fourth-order valence-electron chi connectivity index (χ4n) is 2.60. The SMILES string of the molecule is C=C(CN1CCCCC1)C(=O)N1CCCC1. The van der Waals surface area contributed by atoms with Crippen LogP contribution in [0, 0.1) is 0 Å². The lowest BCUT2D eigenvalue weighted by Crippen LogP contribution is -2.36. The molecule has 0 aliphatic carbocycles. The molecule has 2 aliphatic rings. The predicted molar refractivity (Wildman–Crippen MR) is 65.2 cm³/mol. The minimum absolute atomic E-state index is 0.183. The Morgan fingerprint density at radius 1 is 0.938 bits per heavy atom. The third-order valence-electron chi connectivity index (χ3n) is 3.56. The van der Waals surface area contributed by atoms with E-state index in [0.29, 0.717) is 0 Å². The van der Waals surface area contributed by atoms with Crippen LogP contribution in [0.2, 0.25) is 0 Å². The van der Waals surface area contributed by atoms with E-state index < -0.39 is 0 Å². The monoisotopic (exact) mass is 222 g/mol. The van der Waals surface area contributed by atoms with Gasteiger partial charge in [-0.15, -0.1) is 0 Å². The first kappa shape index (κ1) is 11.6. The summed E-state index contributed by atoms with van der Waals surface area (Å²) in [6.45, 7) is 8.85. The summed E-state index contributed by atoms with van der Waals surface area (Å²) in [5.74, 6) is 0.183. The Balaban J connectivity index is 1.79. The molecule has 0 aromatic rings. The van der Waals surface area contributed by atoms with Crippen LogP contribution in [0.3, 0.4) is 0 Å². The summed E-state index contributed by atoms with van der Waals surface area (Å²) in [6, 6.07) is 0. The van der Waals surface area contributed by atoms with E-state index in [1.807, 2.05) is 4.90 Å². The van der Waals surface area contributed by atoms with Gasteiger partial charge in [-0.05, 0) is 38.8 Å². The zero-order valence-corrected chi connectivity index (χ0v) is 10.1. The van der Waals surface area contributed by atoms with Gasteiger partial charge in [0.2, 0.25) is 5.91 Å². The third-order valence-corrected chi connectivity index (χ3v) is 3.56. The van der Waals surface area contributed by atoms with Gasteiger partial charge in [-0.3, -0.25) is 9.69 Å². The molecule has 0 N–H and O–H groups in total. The first-order valence-electron chi connectivity index (χ1n) is 6.47. The van der Waals surface area contributed by atoms with Crippen LogP contribution in [0.5, 0.6) is 0 Å². The highest BCUT2D eigenvalue weighted by Gasteiger charge is 2.22. The van der Waals surface area contributed by atoms with E-state index in [2.05, 4.69) is 11.5 Å². The maximum Gasteiger partial charge on any atom is 0.250 e. The summed E-state index contributed by atoms with van der Waals surface area (Å²) in [5, 5.41) is 0. The molecular formula is C13H22N2O. The Hall–Kier alpha value is -0.830. The first-order valence-corrected chi connectivity index (χ1v) is 6.47. The standard InChI is InChI=1S/C13H22N2O/c1-12(11-14-7-3-2-4-8-14)13(16)15-9-5-6-10-15/h1-11H2. The van der Waals surface area contributed by atoms with Gasteiger partial charge in [-0.25, -0.2) is 0 Å². The molecule has 2 aliphatic heterocycles. The Morgan fingerprint density at radius 3 is 2.12 bits per heavy atom. The van der Waals surface area contributed by atoms with Crippen molar-refractivity contribution in [2.24, 2.45) is 0 Å². The van der Waals surface area contributed by atoms with Gasteiger partial charge >= 0.3 is 0 Å². The average Bonchev–Trinajstić information content (AvgIpc) is 2.83. The van der Waals surface area contributed by atoms with Crippen LogP contribution in [-0.2, 0) is 4.79 Å². The molecule has 0 unspecified atom stereocenters. The normalized spacial score (nSPS) is 22.4. The fourth-order valence-corrected chi connectivity index (χ4v) is 2.60. The van der Waals surface area contributed by atoms with Crippen molar-refractivity contribution in [1.29, 1.82) is 0 Å². The summed E-state index contributed by atoms with van der Waals surface area (Å²) < 4.78 is 0. The highest BCUT2D eigenvalue weighted by Crippen LogP contribution is 2.14. The van der Waals surface area contributed by atoms with Gasteiger partial charge in [-0.2, -0.15) is 0 Å². The van der Waals surface area contributed by atoms with Crippen molar-refractivity contribution >= 4 is 5.91 Å². The highest BCUT2D eigenvalue weighted by atomic mass is 16.2. The molecule has 0 atom stereocenters. The minimum Gasteiger partial charge on any atom is -0.339 e. The van der Waals surface area contributed by atoms with Crippen LogP contribution in [-0.4, -0.2) is 48.4 Å². The molecule has 0 aromatic carbocycles. The lowest BCUT2D eigenvalue weighted by molar-refractivity contribution is -0.126. The van der Waals surface area contributed by atoms with Gasteiger partial charge in [-0.1, -0.05) is 13.0 Å². The molecule has 3 heteroatoms. The summed E-state index contributed by atoms with van der Waals surface area (Å²) in [5.41, 5.74) is 0.781. The van der Waals surface area contributed by atoms with E-state index in [0.717, 1.165) is 51.1 Å². The third kappa shape index (κ3) is 2.85. The van der Waals surface area contributed by atoms with E-state index in [1.165, 1.54) is 19.3 Å². The molecule has 16 heavy (non-hydrogen) atoms. The lowest BCUT2D eigenvalue weighted by atomic mass is 10.1. The summed E-state index contributed by atoms with van der Waals surface area (Å²) >= 11 is 0. The molecule has 0 spiro atoms. The molecule has 2 heterocycles. The van der Waals surface area contributed by atoms with Crippen molar-refractivity contribution in [3.63, 3.8) is 0 Å². The number of rotatable bonds is 3. The number of carbonyl (C=O) groups excluding carboxylic acids is 1. The van der Waals surface area contributed by atoms with Crippen LogP contribution in [0.15, 0.2) is 12.2 Å². The predicted octanol–water partition coefficient (Wildman–Crippen LogP) is 1.65. The summed E-state index contributed by atoms with van der Waals surface area (Å²) in [7, 11) is 0. The molecule has 2 fully saturated rings. The van der Waals surface area contributed by atoms with Gasteiger partial charge in [0.25, 0.3) is 0 Å². The second-order valence-electron chi connectivity index (χ2n) is 4.94. The average molecular weight is 222 g/mol. The molecule has 2 saturated heterocycles. The van der Waals surface area contributed by atoms with Gasteiger partial charge in [0.15, 0.2) is 0 Å². The molecule has 90 valence electrons. The summed E-state index contributed by atoms with van der Waals surface area (Å²) in [4.78, 5) is 16.3. The maximum absolute atomic E-state index is 12.0. The van der Waals surface area contributed by atoms with E-state index in [-0.39, 0.29) is 5.91 Å². The van der Waals surface area contributed by atoms with E-state index >= 15 is 0 Å². The maximum atomic E-state index is 12.0. The van der Waals surface area contributed by atoms with E-state index in [4.69, 9.17) is 0 Å². The fraction of sp³-hybridized carbons (Fsp3) is 0.769. The van der Waals surface area contributed by atoms with Gasteiger partial charge in [0.1, 0.15) is 0 Å². The van der Waals surface area contributed by atoms with Crippen LogP contribution in [0.25, 0.3) is 0 Å². The number of hydrogen-bond acceptors (Lipinski definition) is 2. The second kappa shape index (κ2) is 5.48. The van der Waals surface area contributed by atoms with Crippen molar-refractivity contribution < 1.29 is 4.79 Å². The van der Waals surface area contributed by atoms with Crippen LogP contribution in [0.4, 0.5) is 0 Å². The minimum atomic E-state index is 0.183. The smallest absolute Gasteiger partial charge is 0.250 e. The number of carbonyl (C=O) groups is 1.